The molecule has 0 unspecified atom stereocenters. The van der Waals surface area contributed by atoms with Gasteiger partial charge in [-0.1, -0.05) is 18.2 Å². The molecule has 2 saturated heterocycles. The highest BCUT2D eigenvalue weighted by molar-refractivity contribution is 7.86. The maximum Gasteiger partial charge on any atom is 0.416 e. The van der Waals surface area contributed by atoms with Crippen molar-refractivity contribution < 1.29 is 21.6 Å². The molecule has 0 spiro atoms. The molecular weight excluding hydrogens is 379 g/mol. The Morgan fingerprint density at radius 1 is 1.07 bits per heavy atom. The third-order valence-corrected chi connectivity index (χ3v) is 7.49. The molecule has 0 amide bonds. The molecule has 0 aromatic heterocycles. The van der Waals surface area contributed by atoms with E-state index in [-0.39, 0.29) is 6.04 Å². The van der Waals surface area contributed by atoms with Gasteiger partial charge in [0.15, 0.2) is 0 Å². The summed E-state index contributed by atoms with van der Waals surface area (Å²) in [5.74, 6) is 0. The molecule has 0 radical (unpaired) electrons. The monoisotopic (exact) mass is 405 g/mol. The second kappa shape index (κ2) is 8.06. The molecule has 1 aromatic rings. The first-order valence-corrected chi connectivity index (χ1v) is 10.7. The Labute approximate surface area is 158 Å². The summed E-state index contributed by atoms with van der Waals surface area (Å²) in [7, 11) is -1.48. The number of halogens is 3. The van der Waals surface area contributed by atoms with Gasteiger partial charge in [-0.3, -0.25) is 4.90 Å². The Hall–Kier alpha value is -1.16. The fourth-order valence-electron chi connectivity index (χ4n) is 3.86. The molecule has 0 atom stereocenters. The molecule has 27 heavy (non-hydrogen) atoms. The molecule has 2 aliphatic rings. The molecule has 9 heteroatoms. The van der Waals surface area contributed by atoms with Crippen LogP contribution >= 0.6 is 0 Å². The SMILES string of the molecule is CN(Cc1cccc(C(F)(F)F)c1)C1CCN(S(=O)(=O)N2CCCC2)CC1. The van der Waals surface area contributed by atoms with E-state index in [1.807, 2.05) is 11.9 Å². The van der Waals surface area contributed by atoms with E-state index in [4.69, 9.17) is 0 Å². The number of alkyl halides is 3. The Balaban J connectivity index is 1.56. The number of hydrogen-bond donors (Lipinski definition) is 0. The van der Waals surface area contributed by atoms with Crippen LogP contribution in [0.4, 0.5) is 13.2 Å². The maximum absolute atomic E-state index is 12.9. The van der Waals surface area contributed by atoms with Crippen molar-refractivity contribution in [2.24, 2.45) is 0 Å². The lowest BCUT2D eigenvalue weighted by atomic mass is 10.0. The number of hydrogen-bond acceptors (Lipinski definition) is 3. The topological polar surface area (TPSA) is 43.9 Å². The largest absolute Gasteiger partial charge is 0.416 e. The van der Waals surface area contributed by atoms with Crippen LogP contribution in [0.5, 0.6) is 0 Å². The van der Waals surface area contributed by atoms with Gasteiger partial charge >= 0.3 is 6.18 Å². The number of benzene rings is 1. The molecular formula is C18H26F3N3O2S. The van der Waals surface area contributed by atoms with Gasteiger partial charge in [0.2, 0.25) is 0 Å². The van der Waals surface area contributed by atoms with E-state index in [1.54, 1.807) is 14.7 Å². The van der Waals surface area contributed by atoms with E-state index in [0.29, 0.717) is 51.1 Å². The van der Waals surface area contributed by atoms with Gasteiger partial charge in [0.1, 0.15) is 0 Å². The Morgan fingerprint density at radius 3 is 2.26 bits per heavy atom. The Morgan fingerprint density at radius 2 is 1.67 bits per heavy atom. The average Bonchev–Trinajstić information content (AvgIpc) is 3.17. The highest BCUT2D eigenvalue weighted by Gasteiger charge is 2.35. The summed E-state index contributed by atoms with van der Waals surface area (Å²) in [5.41, 5.74) is -0.0284. The minimum Gasteiger partial charge on any atom is -0.299 e. The molecule has 2 heterocycles. The van der Waals surface area contributed by atoms with Crippen molar-refractivity contribution in [1.29, 1.82) is 0 Å². The minimum atomic E-state index is -4.34. The van der Waals surface area contributed by atoms with Crippen LogP contribution in [0.2, 0.25) is 0 Å². The zero-order valence-electron chi connectivity index (χ0n) is 15.5. The summed E-state index contributed by atoms with van der Waals surface area (Å²) in [6, 6.07) is 5.54. The lowest BCUT2D eigenvalue weighted by molar-refractivity contribution is -0.137. The molecule has 1 aromatic carbocycles. The van der Waals surface area contributed by atoms with Crippen LogP contribution < -0.4 is 0 Å². The van der Waals surface area contributed by atoms with E-state index in [2.05, 4.69) is 0 Å². The summed E-state index contributed by atoms with van der Waals surface area (Å²) in [5, 5.41) is 0. The summed E-state index contributed by atoms with van der Waals surface area (Å²) in [6.07, 6.45) is -1.15. The highest BCUT2D eigenvalue weighted by atomic mass is 32.2. The Bertz CT molecular complexity index is 740. The second-order valence-electron chi connectivity index (χ2n) is 7.36. The average molecular weight is 405 g/mol. The first-order valence-electron chi connectivity index (χ1n) is 9.29. The van der Waals surface area contributed by atoms with Gasteiger partial charge in [-0.25, -0.2) is 0 Å². The molecule has 0 N–H and O–H groups in total. The number of rotatable bonds is 5. The second-order valence-corrected chi connectivity index (χ2v) is 9.29. The Kier molecular flexibility index (Phi) is 6.14. The first kappa shape index (κ1) is 20.6. The van der Waals surface area contributed by atoms with Crippen molar-refractivity contribution in [3.8, 4) is 0 Å². The van der Waals surface area contributed by atoms with Crippen molar-refractivity contribution in [2.45, 2.75) is 44.4 Å². The molecule has 3 rings (SSSR count). The number of nitrogens with zero attached hydrogens (tertiary/aromatic N) is 3. The van der Waals surface area contributed by atoms with Crippen molar-refractivity contribution in [3.63, 3.8) is 0 Å². The molecule has 0 bridgehead atoms. The van der Waals surface area contributed by atoms with Gasteiger partial charge in [-0.05, 0) is 44.4 Å². The molecule has 0 saturated carbocycles. The smallest absolute Gasteiger partial charge is 0.299 e. The highest BCUT2D eigenvalue weighted by Crippen LogP contribution is 2.30. The van der Waals surface area contributed by atoms with Crippen LogP contribution in [0, 0.1) is 0 Å². The maximum atomic E-state index is 12.9. The van der Waals surface area contributed by atoms with E-state index < -0.39 is 21.9 Å². The summed E-state index contributed by atoms with van der Waals surface area (Å²) < 4.78 is 66.9. The van der Waals surface area contributed by atoms with Crippen LogP contribution in [0.25, 0.3) is 0 Å². The van der Waals surface area contributed by atoms with Gasteiger partial charge in [-0.2, -0.15) is 30.2 Å². The van der Waals surface area contributed by atoms with Gasteiger partial charge in [0.25, 0.3) is 10.2 Å². The van der Waals surface area contributed by atoms with Crippen LogP contribution in [-0.4, -0.2) is 61.2 Å². The lowest BCUT2D eigenvalue weighted by Crippen LogP contribution is -2.49. The standard InChI is InChI=1S/C18H26F3N3O2S/c1-22(14-15-5-4-6-16(13-15)18(19,20)21)17-7-11-24(12-8-17)27(25,26)23-9-2-3-10-23/h4-6,13,17H,2-3,7-12,14H2,1H3. The zero-order chi connectivity index (χ0) is 19.7. The predicted molar refractivity (Wildman–Crippen MR) is 97.2 cm³/mol. The molecule has 0 aliphatic carbocycles. The lowest BCUT2D eigenvalue weighted by Gasteiger charge is -2.37. The van der Waals surface area contributed by atoms with Gasteiger partial charge in [0.05, 0.1) is 5.56 Å². The van der Waals surface area contributed by atoms with E-state index in [1.165, 1.54) is 12.1 Å². The van der Waals surface area contributed by atoms with E-state index >= 15 is 0 Å². The minimum absolute atomic E-state index is 0.157. The number of piperidine rings is 1. The van der Waals surface area contributed by atoms with Crippen LogP contribution in [0.1, 0.15) is 36.8 Å². The van der Waals surface area contributed by atoms with Crippen LogP contribution in [0.15, 0.2) is 24.3 Å². The van der Waals surface area contributed by atoms with Crippen molar-refractivity contribution in [3.05, 3.63) is 35.4 Å². The fraction of sp³-hybridized carbons (Fsp3) is 0.667. The fourth-order valence-corrected chi connectivity index (χ4v) is 5.58. The molecule has 152 valence electrons. The van der Waals surface area contributed by atoms with Gasteiger partial charge < -0.3 is 0 Å². The third-order valence-electron chi connectivity index (χ3n) is 5.45. The molecule has 2 fully saturated rings. The third kappa shape index (κ3) is 4.82. The van der Waals surface area contributed by atoms with Gasteiger partial charge in [0, 0.05) is 38.8 Å². The van der Waals surface area contributed by atoms with Crippen LogP contribution in [-0.2, 0) is 22.9 Å². The zero-order valence-corrected chi connectivity index (χ0v) is 16.3. The van der Waals surface area contributed by atoms with Crippen LogP contribution in [0.3, 0.4) is 0 Å². The summed E-state index contributed by atoms with van der Waals surface area (Å²) in [6.45, 7) is 2.51. The van der Waals surface area contributed by atoms with E-state index in [9.17, 15) is 21.6 Å². The van der Waals surface area contributed by atoms with Crippen molar-refractivity contribution >= 4 is 10.2 Å². The van der Waals surface area contributed by atoms with Crippen molar-refractivity contribution in [2.75, 3.05) is 33.2 Å². The predicted octanol–water partition coefficient (Wildman–Crippen LogP) is 2.94. The van der Waals surface area contributed by atoms with Crippen molar-refractivity contribution in [1.82, 2.24) is 13.5 Å². The normalized spacial score (nSPS) is 21.2. The summed E-state index contributed by atoms with van der Waals surface area (Å²) in [4.78, 5) is 2.02. The molecule has 5 nitrogen and oxygen atoms in total. The van der Waals surface area contributed by atoms with E-state index in [0.717, 1.165) is 18.9 Å². The first-order chi connectivity index (χ1) is 12.7. The van der Waals surface area contributed by atoms with Gasteiger partial charge in [-0.15, -0.1) is 0 Å². The quantitative estimate of drug-likeness (QED) is 0.757. The summed E-state index contributed by atoms with van der Waals surface area (Å²) >= 11 is 0. The molecule has 2 aliphatic heterocycles.